The summed E-state index contributed by atoms with van der Waals surface area (Å²) >= 11 is 1.44. The zero-order chi connectivity index (χ0) is 56.9. The highest BCUT2D eigenvalue weighted by Gasteiger charge is 2.42. The fourth-order valence-corrected chi connectivity index (χ4v) is 9.45. The van der Waals surface area contributed by atoms with Crippen LogP contribution in [0.2, 0.25) is 0 Å². The van der Waals surface area contributed by atoms with Gasteiger partial charge >= 0.3 is 5.97 Å². The number of rotatable bonds is 29. The monoisotopic (exact) mass is 1090 g/mol. The maximum atomic E-state index is 14.6. The van der Waals surface area contributed by atoms with Crippen molar-refractivity contribution in [3.63, 3.8) is 0 Å². The molecule has 26 heteroatoms. The standard InChI is InChI=1S/C51H75N13O12S/c1-28(2)41(50(75)76)62-45(70)35(25-31-16-18-32(65)19-17-31)59-46(71)38-14-9-22-63(38)48(73)29(3)57-44(69)36(27-40(53)66)60-47(72)39-15-10-23-64(39)49(74)37(26-30-11-6-5-7-12-30)61-43(68)34(20-24-77-4)58-42(67)33(52)13-8-21-56-51(54)55/h5-7,11-12,16-19,28-29,33-39,41,65H,8-10,13-15,20-27,52H2,1-4H3,(H2,53,66)(H,57,69)(H,58,67)(H,59,71)(H,60,72)(H,61,68)(H,62,70)(H,75,76)(H4,54,55,56)/t29-,33-,34-,35-,36-,37-,38-,39-,41-/m0/s1. The highest BCUT2D eigenvalue weighted by molar-refractivity contribution is 7.98. The largest absolute Gasteiger partial charge is 0.508 e. The molecule has 0 aromatic heterocycles. The molecule has 9 amide bonds. The van der Waals surface area contributed by atoms with Gasteiger partial charge in [0, 0.05) is 32.5 Å². The molecule has 4 rings (SSSR count). The summed E-state index contributed by atoms with van der Waals surface area (Å²) in [5.41, 5.74) is 23.7. The van der Waals surface area contributed by atoms with E-state index in [2.05, 4.69) is 36.9 Å². The number of guanidine groups is 1. The van der Waals surface area contributed by atoms with Crippen molar-refractivity contribution in [2.75, 3.05) is 31.6 Å². The van der Waals surface area contributed by atoms with Gasteiger partial charge in [-0.05, 0) is 93.1 Å². The fourth-order valence-electron chi connectivity index (χ4n) is 8.98. The molecule has 2 fully saturated rings. The number of likely N-dealkylation sites (tertiary alicyclic amines) is 2. The smallest absolute Gasteiger partial charge is 0.326 e. The van der Waals surface area contributed by atoms with E-state index in [-0.39, 0.29) is 69.9 Å². The van der Waals surface area contributed by atoms with E-state index in [1.54, 1.807) is 44.2 Å². The van der Waals surface area contributed by atoms with Gasteiger partial charge in [0.15, 0.2) is 5.96 Å². The molecule has 16 N–H and O–H groups in total. The van der Waals surface area contributed by atoms with Gasteiger partial charge in [0.25, 0.3) is 0 Å². The third-order valence-corrected chi connectivity index (χ3v) is 13.8. The van der Waals surface area contributed by atoms with E-state index >= 15 is 0 Å². The zero-order valence-electron chi connectivity index (χ0n) is 43.9. The van der Waals surface area contributed by atoms with Crippen LogP contribution in [0.3, 0.4) is 0 Å². The summed E-state index contributed by atoms with van der Waals surface area (Å²) in [4.78, 5) is 142. The number of benzene rings is 2. The minimum Gasteiger partial charge on any atom is -0.508 e. The Bertz CT molecular complexity index is 2430. The summed E-state index contributed by atoms with van der Waals surface area (Å²) < 4.78 is 0. The second-order valence-corrected chi connectivity index (χ2v) is 20.5. The van der Waals surface area contributed by atoms with Crippen molar-refractivity contribution in [1.29, 1.82) is 0 Å². The van der Waals surface area contributed by atoms with Gasteiger partial charge in [-0.25, -0.2) is 4.79 Å². The number of phenolic OH excluding ortho intramolecular Hbond substituents is 1. The first-order valence-electron chi connectivity index (χ1n) is 25.6. The van der Waals surface area contributed by atoms with E-state index in [0.717, 1.165) is 0 Å². The minimum absolute atomic E-state index is 0.00312. The first kappa shape index (κ1) is 62.1. The van der Waals surface area contributed by atoms with E-state index < -0.39 is 126 Å². The van der Waals surface area contributed by atoms with Crippen molar-refractivity contribution in [3.8, 4) is 5.75 Å². The summed E-state index contributed by atoms with van der Waals surface area (Å²) in [6.45, 7) is 4.98. The predicted molar refractivity (Wildman–Crippen MR) is 286 cm³/mol. The lowest BCUT2D eigenvalue weighted by molar-refractivity contribution is -0.144. The van der Waals surface area contributed by atoms with Crippen LogP contribution in [-0.2, 0) is 60.8 Å². The predicted octanol–water partition coefficient (Wildman–Crippen LogP) is -2.16. The molecular formula is C51H75N13O12S. The zero-order valence-corrected chi connectivity index (χ0v) is 44.7. The van der Waals surface area contributed by atoms with Gasteiger partial charge in [-0.1, -0.05) is 56.3 Å². The van der Waals surface area contributed by atoms with E-state index in [9.17, 15) is 58.2 Å². The fraction of sp³-hybridized carbons (Fsp3) is 0.549. The van der Waals surface area contributed by atoms with Crippen LogP contribution in [0.4, 0.5) is 0 Å². The van der Waals surface area contributed by atoms with Crippen LogP contribution in [0.15, 0.2) is 59.6 Å². The van der Waals surface area contributed by atoms with E-state index in [0.29, 0.717) is 36.1 Å². The molecular weight excluding hydrogens is 1020 g/mol. The quantitative estimate of drug-likeness (QED) is 0.0235. The number of amides is 9. The summed E-state index contributed by atoms with van der Waals surface area (Å²) in [6.07, 6.45) is 2.90. The van der Waals surface area contributed by atoms with Gasteiger partial charge in [0.1, 0.15) is 54.1 Å². The highest BCUT2D eigenvalue weighted by Crippen LogP contribution is 2.22. The SMILES string of the molecule is CSCC[C@H](NC(=O)[C@@H](N)CCCN=C(N)N)C(=O)N[C@@H](Cc1ccccc1)C(=O)N1CCC[C@H]1C(=O)N[C@@H](CC(N)=O)C(=O)N[C@@H](C)C(=O)N1CCC[C@H]1C(=O)N[C@@H](Cc1ccc(O)cc1)C(=O)N[C@H](C(=O)O)C(C)C. The lowest BCUT2D eigenvalue weighted by Gasteiger charge is -2.31. The Labute approximate surface area is 451 Å². The molecule has 2 aliphatic rings. The summed E-state index contributed by atoms with van der Waals surface area (Å²) in [5.74, 6) is -8.32. The molecule has 0 unspecified atom stereocenters. The Morgan fingerprint density at radius 2 is 1.19 bits per heavy atom. The van der Waals surface area contributed by atoms with Crippen molar-refractivity contribution in [1.82, 2.24) is 41.7 Å². The number of carboxylic acids is 1. The Morgan fingerprint density at radius 1 is 0.662 bits per heavy atom. The Kier molecular flexibility index (Phi) is 24.4. The number of thioether (sulfide) groups is 1. The number of aliphatic carboxylic acids is 1. The minimum atomic E-state index is -1.62. The summed E-state index contributed by atoms with van der Waals surface area (Å²) in [6, 6.07) is 3.55. The third-order valence-electron chi connectivity index (χ3n) is 13.1. The normalized spacial score (nSPS) is 17.8. The molecule has 2 heterocycles. The number of primary amides is 1. The van der Waals surface area contributed by atoms with Gasteiger partial charge in [0.2, 0.25) is 53.2 Å². The molecule has 77 heavy (non-hydrogen) atoms. The molecule has 0 spiro atoms. The maximum absolute atomic E-state index is 14.6. The van der Waals surface area contributed by atoms with Gasteiger partial charge < -0.3 is 74.8 Å². The van der Waals surface area contributed by atoms with Crippen LogP contribution in [-0.4, -0.2) is 171 Å². The number of aromatic hydroxyl groups is 1. The van der Waals surface area contributed by atoms with Gasteiger partial charge in [-0.15, -0.1) is 0 Å². The number of carbonyl (C=O) groups is 10. The number of nitrogens with one attached hydrogen (secondary N) is 6. The molecule has 2 aromatic carbocycles. The van der Waals surface area contributed by atoms with Crippen LogP contribution >= 0.6 is 11.8 Å². The second kappa shape index (κ2) is 30.3. The van der Waals surface area contributed by atoms with Gasteiger partial charge in [-0.3, -0.25) is 48.1 Å². The first-order chi connectivity index (χ1) is 36.5. The van der Waals surface area contributed by atoms with Crippen molar-refractivity contribution in [2.45, 2.75) is 139 Å². The van der Waals surface area contributed by atoms with Crippen molar-refractivity contribution in [3.05, 3.63) is 65.7 Å². The molecule has 9 atom stereocenters. The van der Waals surface area contributed by atoms with E-state index in [1.807, 2.05) is 6.26 Å². The molecule has 2 aromatic rings. The van der Waals surface area contributed by atoms with Crippen LogP contribution < -0.4 is 54.8 Å². The molecule has 2 aliphatic heterocycles. The lowest BCUT2D eigenvalue weighted by Crippen LogP contribution is -2.60. The summed E-state index contributed by atoms with van der Waals surface area (Å²) in [7, 11) is 0. The molecule has 0 saturated carbocycles. The number of carbonyl (C=O) groups excluding carboxylic acids is 9. The van der Waals surface area contributed by atoms with Gasteiger partial charge in [0.05, 0.1) is 12.5 Å². The van der Waals surface area contributed by atoms with Crippen molar-refractivity contribution < 1.29 is 58.2 Å². The molecule has 2 saturated heterocycles. The van der Waals surface area contributed by atoms with Crippen LogP contribution in [0.5, 0.6) is 5.75 Å². The van der Waals surface area contributed by atoms with Crippen LogP contribution in [0, 0.1) is 5.92 Å². The number of nitrogens with two attached hydrogens (primary N) is 4. The average molecular weight is 1090 g/mol. The summed E-state index contributed by atoms with van der Waals surface area (Å²) in [5, 5.41) is 35.2. The number of carboxylic acid groups (broad SMARTS) is 1. The molecule has 422 valence electrons. The lowest BCUT2D eigenvalue weighted by atomic mass is 10.0. The molecule has 0 radical (unpaired) electrons. The van der Waals surface area contributed by atoms with Crippen LogP contribution in [0.1, 0.15) is 83.3 Å². The van der Waals surface area contributed by atoms with Crippen molar-refractivity contribution in [2.24, 2.45) is 33.8 Å². The number of hydrogen-bond donors (Lipinski definition) is 12. The Hall–Kier alpha value is -7.48. The number of hydrogen-bond acceptors (Lipinski definition) is 14. The van der Waals surface area contributed by atoms with Crippen molar-refractivity contribution >= 4 is 76.9 Å². The van der Waals surface area contributed by atoms with Gasteiger partial charge in [-0.2, -0.15) is 11.8 Å². The maximum Gasteiger partial charge on any atom is 0.326 e. The topological polar surface area (TPSA) is 406 Å². The first-order valence-corrected chi connectivity index (χ1v) is 27.0. The molecule has 0 aliphatic carbocycles. The molecule has 25 nitrogen and oxygen atoms in total. The average Bonchev–Trinajstić information content (AvgIpc) is 4.09. The second-order valence-electron chi connectivity index (χ2n) is 19.5. The number of phenols is 1. The van der Waals surface area contributed by atoms with E-state index in [4.69, 9.17) is 22.9 Å². The highest BCUT2D eigenvalue weighted by atomic mass is 32.2. The number of aliphatic imine (C=N–C) groups is 1. The molecule has 0 bridgehead atoms. The Balaban J connectivity index is 1.47. The van der Waals surface area contributed by atoms with E-state index in [1.165, 1.54) is 52.8 Å². The Morgan fingerprint density at radius 3 is 1.75 bits per heavy atom. The van der Waals surface area contributed by atoms with Crippen LogP contribution in [0.25, 0.3) is 0 Å². The third kappa shape index (κ3) is 19.2. The number of nitrogens with zero attached hydrogens (tertiary/aromatic N) is 3.